The summed E-state index contributed by atoms with van der Waals surface area (Å²) in [5, 5.41) is 10.2. The van der Waals surface area contributed by atoms with Crippen LogP contribution in [0.25, 0.3) is 10.9 Å². The second-order valence-corrected chi connectivity index (χ2v) is 5.59. The molecule has 2 aromatic heterocycles. The first-order valence-electron chi connectivity index (χ1n) is 6.44. The Morgan fingerprint density at radius 1 is 1.25 bits per heavy atom. The molecule has 5 nitrogen and oxygen atoms in total. The van der Waals surface area contributed by atoms with E-state index in [2.05, 4.69) is 38.3 Å². The zero-order chi connectivity index (χ0) is 14.3. The molecular formula is C14H16BrN5. The van der Waals surface area contributed by atoms with E-state index in [4.69, 9.17) is 5.73 Å². The lowest BCUT2D eigenvalue weighted by atomic mass is 10.2. The summed E-state index contributed by atoms with van der Waals surface area (Å²) in [7, 11) is 1.95. The third-order valence-corrected chi connectivity index (χ3v) is 4.52. The molecule has 20 heavy (non-hydrogen) atoms. The second-order valence-electron chi connectivity index (χ2n) is 4.80. The van der Waals surface area contributed by atoms with Crippen LogP contribution in [0.15, 0.2) is 28.7 Å². The standard InChI is InChI=1S/C14H16BrN5/c1-9-14(15)13(19(2)17-9)8-20-12-6-4-3-5-10(12)11(7-16)18-20/h3-6H,7-8,16H2,1-2H3. The average Bonchev–Trinajstić information content (AvgIpc) is 2.92. The van der Waals surface area contributed by atoms with Crippen LogP contribution in [-0.2, 0) is 20.1 Å². The zero-order valence-electron chi connectivity index (χ0n) is 11.5. The van der Waals surface area contributed by atoms with Gasteiger partial charge in [-0.25, -0.2) is 0 Å². The lowest BCUT2D eigenvalue weighted by Gasteiger charge is -2.05. The third kappa shape index (κ3) is 2.05. The van der Waals surface area contributed by atoms with Crippen LogP contribution in [0.1, 0.15) is 17.1 Å². The van der Waals surface area contributed by atoms with Gasteiger partial charge in [0.15, 0.2) is 0 Å². The van der Waals surface area contributed by atoms with E-state index in [1.807, 2.05) is 35.5 Å². The van der Waals surface area contributed by atoms with Crippen molar-refractivity contribution < 1.29 is 0 Å². The summed E-state index contributed by atoms with van der Waals surface area (Å²) < 4.78 is 4.91. The molecule has 0 aliphatic rings. The Morgan fingerprint density at radius 2 is 2.00 bits per heavy atom. The van der Waals surface area contributed by atoms with Crippen LogP contribution in [0.4, 0.5) is 0 Å². The molecule has 0 saturated carbocycles. The second kappa shape index (κ2) is 5.03. The highest BCUT2D eigenvalue weighted by atomic mass is 79.9. The molecule has 2 N–H and O–H groups in total. The summed E-state index contributed by atoms with van der Waals surface area (Å²) in [6, 6.07) is 8.16. The Labute approximate surface area is 125 Å². The monoisotopic (exact) mass is 333 g/mol. The molecular weight excluding hydrogens is 318 g/mol. The van der Waals surface area contributed by atoms with Crippen molar-refractivity contribution in [2.75, 3.05) is 0 Å². The minimum atomic E-state index is 0.444. The number of fused-ring (bicyclic) bond motifs is 1. The zero-order valence-corrected chi connectivity index (χ0v) is 13.1. The Bertz CT molecular complexity index is 771. The first kappa shape index (κ1) is 13.3. The van der Waals surface area contributed by atoms with Crippen LogP contribution in [-0.4, -0.2) is 19.6 Å². The van der Waals surface area contributed by atoms with Gasteiger partial charge in [-0.3, -0.25) is 9.36 Å². The summed E-state index contributed by atoms with van der Waals surface area (Å²) in [6.45, 7) is 3.09. The van der Waals surface area contributed by atoms with E-state index < -0.39 is 0 Å². The van der Waals surface area contributed by atoms with Gasteiger partial charge in [-0.2, -0.15) is 10.2 Å². The molecule has 0 amide bonds. The predicted molar refractivity (Wildman–Crippen MR) is 82.4 cm³/mol. The summed E-state index contributed by atoms with van der Waals surface area (Å²) in [6.07, 6.45) is 0. The van der Waals surface area contributed by atoms with Crippen LogP contribution in [0.5, 0.6) is 0 Å². The Kier molecular flexibility index (Phi) is 3.35. The number of nitrogens with two attached hydrogens (primary N) is 1. The maximum atomic E-state index is 5.78. The predicted octanol–water partition coefficient (Wildman–Crippen LogP) is 2.35. The highest BCUT2D eigenvalue weighted by Crippen LogP contribution is 2.24. The lowest BCUT2D eigenvalue weighted by Crippen LogP contribution is -2.08. The first-order valence-corrected chi connectivity index (χ1v) is 7.23. The summed E-state index contributed by atoms with van der Waals surface area (Å²) >= 11 is 3.60. The molecule has 0 fully saturated rings. The van der Waals surface area contributed by atoms with Gasteiger partial charge in [0.2, 0.25) is 0 Å². The minimum Gasteiger partial charge on any atom is -0.325 e. The number of rotatable bonds is 3. The Balaban J connectivity index is 2.11. The quantitative estimate of drug-likeness (QED) is 0.800. The van der Waals surface area contributed by atoms with E-state index in [0.29, 0.717) is 13.1 Å². The molecule has 0 saturated heterocycles. The van der Waals surface area contributed by atoms with E-state index in [-0.39, 0.29) is 0 Å². The molecule has 0 atom stereocenters. The van der Waals surface area contributed by atoms with Gasteiger partial charge in [0.25, 0.3) is 0 Å². The van der Waals surface area contributed by atoms with Gasteiger partial charge in [0.05, 0.1) is 33.6 Å². The normalized spacial score (nSPS) is 11.4. The molecule has 0 bridgehead atoms. The van der Waals surface area contributed by atoms with Crippen LogP contribution in [0, 0.1) is 6.92 Å². The maximum absolute atomic E-state index is 5.78. The molecule has 0 radical (unpaired) electrons. The number of halogens is 1. The molecule has 6 heteroatoms. The van der Waals surface area contributed by atoms with E-state index in [9.17, 15) is 0 Å². The first-order chi connectivity index (χ1) is 9.61. The number of aryl methyl sites for hydroxylation is 2. The van der Waals surface area contributed by atoms with Crippen molar-refractivity contribution in [3.63, 3.8) is 0 Å². The van der Waals surface area contributed by atoms with Gasteiger partial charge in [-0.1, -0.05) is 18.2 Å². The van der Waals surface area contributed by atoms with Gasteiger partial charge < -0.3 is 5.73 Å². The van der Waals surface area contributed by atoms with Crippen LogP contribution in [0.3, 0.4) is 0 Å². The molecule has 0 aliphatic heterocycles. The van der Waals surface area contributed by atoms with E-state index >= 15 is 0 Å². The highest BCUT2D eigenvalue weighted by Gasteiger charge is 2.14. The Hall–Kier alpha value is -1.66. The van der Waals surface area contributed by atoms with Gasteiger partial charge in [0.1, 0.15) is 0 Å². The molecule has 0 aliphatic carbocycles. The van der Waals surface area contributed by atoms with E-state index in [0.717, 1.165) is 32.5 Å². The average molecular weight is 334 g/mol. The van der Waals surface area contributed by atoms with Crippen molar-refractivity contribution in [2.45, 2.75) is 20.0 Å². The number of benzene rings is 1. The van der Waals surface area contributed by atoms with Crippen LogP contribution >= 0.6 is 15.9 Å². The fraction of sp³-hybridized carbons (Fsp3) is 0.286. The molecule has 0 unspecified atom stereocenters. The van der Waals surface area contributed by atoms with Gasteiger partial charge >= 0.3 is 0 Å². The minimum absolute atomic E-state index is 0.444. The van der Waals surface area contributed by atoms with Crippen LogP contribution < -0.4 is 5.73 Å². The van der Waals surface area contributed by atoms with Crippen molar-refractivity contribution in [3.8, 4) is 0 Å². The fourth-order valence-corrected chi connectivity index (χ4v) is 2.92. The largest absolute Gasteiger partial charge is 0.325 e. The van der Waals surface area contributed by atoms with Gasteiger partial charge in [-0.05, 0) is 28.9 Å². The molecule has 2 heterocycles. The smallest absolute Gasteiger partial charge is 0.0847 e. The van der Waals surface area contributed by atoms with Crippen molar-refractivity contribution >= 4 is 26.8 Å². The third-order valence-electron chi connectivity index (χ3n) is 3.49. The molecule has 1 aromatic carbocycles. The molecule has 0 spiro atoms. The SMILES string of the molecule is Cc1nn(C)c(Cn2nc(CN)c3ccccc32)c1Br. The number of hydrogen-bond donors (Lipinski definition) is 1. The topological polar surface area (TPSA) is 61.7 Å². The van der Waals surface area contributed by atoms with E-state index in [1.165, 1.54) is 0 Å². The van der Waals surface area contributed by atoms with Crippen molar-refractivity contribution in [1.29, 1.82) is 0 Å². The van der Waals surface area contributed by atoms with Crippen molar-refractivity contribution in [2.24, 2.45) is 12.8 Å². The van der Waals surface area contributed by atoms with Gasteiger partial charge in [0, 0.05) is 19.0 Å². The summed E-state index contributed by atoms with van der Waals surface area (Å²) in [5.41, 5.74) is 9.89. The Morgan fingerprint density at radius 3 is 2.65 bits per heavy atom. The number of para-hydroxylation sites is 1. The number of nitrogens with zero attached hydrogens (tertiary/aromatic N) is 4. The number of hydrogen-bond acceptors (Lipinski definition) is 3. The summed E-state index contributed by atoms with van der Waals surface area (Å²) in [4.78, 5) is 0. The number of aromatic nitrogens is 4. The van der Waals surface area contributed by atoms with Crippen LogP contribution in [0.2, 0.25) is 0 Å². The highest BCUT2D eigenvalue weighted by molar-refractivity contribution is 9.10. The lowest BCUT2D eigenvalue weighted by molar-refractivity contribution is 0.624. The molecule has 104 valence electrons. The van der Waals surface area contributed by atoms with Crippen molar-refractivity contribution in [1.82, 2.24) is 19.6 Å². The van der Waals surface area contributed by atoms with E-state index in [1.54, 1.807) is 0 Å². The maximum Gasteiger partial charge on any atom is 0.0847 e. The molecule has 3 rings (SSSR count). The van der Waals surface area contributed by atoms with Gasteiger partial charge in [-0.15, -0.1) is 0 Å². The fourth-order valence-electron chi connectivity index (χ4n) is 2.46. The summed E-state index contributed by atoms with van der Waals surface area (Å²) in [5.74, 6) is 0. The molecule has 3 aromatic rings. The van der Waals surface area contributed by atoms with Crippen molar-refractivity contribution in [3.05, 3.63) is 45.8 Å².